The Kier molecular flexibility index (Phi) is 45.9. The molecule has 0 saturated carbocycles. The minimum Gasteiger partial charge on any atom is -0.478 e. The van der Waals surface area contributed by atoms with E-state index in [4.69, 9.17) is 14.2 Å². The highest BCUT2D eigenvalue weighted by Gasteiger charge is 2.15. The molecule has 1 rings (SSSR count). The predicted molar refractivity (Wildman–Crippen MR) is 277 cm³/mol. The van der Waals surface area contributed by atoms with Gasteiger partial charge in [-0.2, -0.15) is 0 Å². The molecule has 1 aromatic heterocycles. The molecule has 1 aromatic rings. The summed E-state index contributed by atoms with van der Waals surface area (Å²) in [6, 6.07) is 0. The van der Waals surface area contributed by atoms with Crippen LogP contribution in [0.1, 0.15) is 252 Å². The molecule has 382 valence electrons. The number of esters is 1. The fourth-order valence-electron chi connectivity index (χ4n) is 8.49. The van der Waals surface area contributed by atoms with Crippen molar-refractivity contribution in [1.29, 1.82) is 0 Å². The Morgan fingerprint density at radius 2 is 1.08 bits per heavy atom. The number of hydrogen-bond donors (Lipinski definition) is 3. The zero-order chi connectivity index (χ0) is 47.9. The van der Waals surface area contributed by atoms with E-state index in [9.17, 15) is 14.4 Å². The van der Waals surface area contributed by atoms with E-state index in [1.165, 1.54) is 142 Å². The Balaban J connectivity index is 0.00000180. The number of aromatic nitrogens is 2. The summed E-state index contributed by atoms with van der Waals surface area (Å²) in [6.45, 7) is 12.7. The Morgan fingerprint density at radius 3 is 1.55 bits per heavy atom. The van der Waals surface area contributed by atoms with Crippen molar-refractivity contribution in [3.8, 4) is 5.88 Å². The number of nitrogens with one attached hydrogen (secondary N) is 3. The van der Waals surface area contributed by atoms with Gasteiger partial charge in [0, 0.05) is 33.5 Å². The lowest BCUT2D eigenvalue weighted by atomic mass is 10.0. The third-order valence-electron chi connectivity index (χ3n) is 12.7. The van der Waals surface area contributed by atoms with Gasteiger partial charge in [0.25, 0.3) is 11.4 Å². The second-order valence-corrected chi connectivity index (χ2v) is 18.5. The molecule has 3 N–H and O–H groups in total. The lowest BCUT2D eigenvalue weighted by Crippen LogP contribution is -2.29. The average Bonchev–Trinajstić information content (AvgIpc) is 3.31. The predicted octanol–water partition coefficient (Wildman–Crippen LogP) is 14.4. The van der Waals surface area contributed by atoms with E-state index in [-0.39, 0.29) is 17.6 Å². The van der Waals surface area contributed by atoms with Crippen LogP contribution in [0.2, 0.25) is 0 Å². The summed E-state index contributed by atoms with van der Waals surface area (Å²) in [4.78, 5) is 37.6. The summed E-state index contributed by atoms with van der Waals surface area (Å²) in [7, 11) is 5.14. The number of nitrogens with zero attached hydrogens (tertiary/aromatic N) is 2. The highest BCUT2D eigenvalue weighted by atomic mass is 16.5. The Bertz CT molecular complexity index is 1230. The molecule has 1 atom stereocenters. The van der Waals surface area contributed by atoms with E-state index in [1.54, 1.807) is 7.05 Å². The molecule has 0 fully saturated rings. The fourth-order valence-corrected chi connectivity index (χ4v) is 8.49. The molecule has 0 saturated heterocycles. The molecule has 0 amide bonds. The Hall–Kier alpha value is -2.66. The minimum atomic E-state index is -0.286. The highest BCUT2D eigenvalue weighted by Crippen LogP contribution is 2.26. The maximum atomic E-state index is 12.4. The highest BCUT2D eigenvalue weighted by molar-refractivity contribution is 5.72. The molecular weight excluding hydrogens is 815 g/mol. The van der Waals surface area contributed by atoms with E-state index in [0.29, 0.717) is 42.7 Å². The quantitative estimate of drug-likeness (QED) is 0.0329. The number of hydrogen-bond acceptors (Lipinski definition) is 10. The fraction of sp³-hybridized carbons (Fsp3) is 0.889. The summed E-state index contributed by atoms with van der Waals surface area (Å²) in [5, 5.41) is 12.7. The van der Waals surface area contributed by atoms with Gasteiger partial charge in [-0.1, -0.05) is 175 Å². The lowest BCUT2D eigenvalue weighted by Gasteiger charge is -2.23. The zero-order valence-electron chi connectivity index (χ0n) is 43.7. The van der Waals surface area contributed by atoms with Gasteiger partial charge in [-0.3, -0.25) is 9.59 Å². The van der Waals surface area contributed by atoms with Crippen LogP contribution in [-0.2, 0) is 19.1 Å². The number of unbranched alkanes of at least 4 members (excludes halogenated alkanes) is 24. The first-order valence-corrected chi connectivity index (χ1v) is 27.3. The number of anilines is 2. The van der Waals surface area contributed by atoms with E-state index in [2.05, 4.69) is 53.4 Å². The van der Waals surface area contributed by atoms with Crippen molar-refractivity contribution in [2.24, 2.45) is 0 Å². The Labute approximate surface area is 400 Å². The molecule has 0 bridgehead atoms. The number of carbonyl (C=O) groups is 2. The van der Waals surface area contributed by atoms with Crippen molar-refractivity contribution >= 4 is 23.6 Å². The summed E-state index contributed by atoms with van der Waals surface area (Å²) in [5.74, 6) is 0.334. The molecule has 0 radical (unpaired) electrons. The van der Waals surface area contributed by atoms with Crippen LogP contribution in [0.4, 0.5) is 11.4 Å². The SMILES string of the molecule is CCCCCCCCC(CC)OC(=O)CCCCCCCN(CCCCCCCC=O)CCCNc1c(OC)n[nH]c(=O)c1NC.CCCCCCCCC(CCCCCCCC)OC. The van der Waals surface area contributed by atoms with Crippen LogP contribution in [-0.4, -0.2) is 87.0 Å². The molecule has 0 aromatic carbocycles. The zero-order valence-corrected chi connectivity index (χ0v) is 43.7. The first-order chi connectivity index (χ1) is 31.8. The van der Waals surface area contributed by atoms with Gasteiger partial charge in [-0.15, -0.1) is 5.10 Å². The van der Waals surface area contributed by atoms with Crippen LogP contribution in [0.3, 0.4) is 0 Å². The molecule has 65 heavy (non-hydrogen) atoms. The molecule has 1 unspecified atom stereocenters. The molecule has 0 spiro atoms. The largest absolute Gasteiger partial charge is 0.478 e. The maximum absolute atomic E-state index is 12.4. The van der Waals surface area contributed by atoms with E-state index >= 15 is 0 Å². The van der Waals surface area contributed by atoms with E-state index < -0.39 is 0 Å². The molecule has 0 aliphatic heterocycles. The van der Waals surface area contributed by atoms with Gasteiger partial charge in [0.15, 0.2) is 0 Å². The normalized spacial score (nSPS) is 11.7. The van der Waals surface area contributed by atoms with Crippen molar-refractivity contribution < 1.29 is 23.8 Å². The molecule has 0 aliphatic rings. The van der Waals surface area contributed by atoms with Gasteiger partial charge in [-0.25, -0.2) is 5.10 Å². The summed E-state index contributed by atoms with van der Waals surface area (Å²) in [6.07, 6.45) is 43.5. The van der Waals surface area contributed by atoms with Crippen LogP contribution >= 0.6 is 0 Å². The smallest absolute Gasteiger partial charge is 0.306 e. The van der Waals surface area contributed by atoms with Gasteiger partial charge in [0.05, 0.1) is 13.2 Å². The van der Waals surface area contributed by atoms with E-state index in [1.807, 2.05) is 7.11 Å². The third-order valence-corrected chi connectivity index (χ3v) is 12.7. The van der Waals surface area contributed by atoms with Crippen molar-refractivity contribution in [2.75, 3.05) is 58.1 Å². The first kappa shape index (κ1) is 62.3. The van der Waals surface area contributed by atoms with Crippen molar-refractivity contribution in [1.82, 2.24) is 15.1 Å². The number of ether oxygens (including phenoxy) is 3. The second kappa shape index (κ2) is 47.8. The van der Waals surface area contributed by atoms with Gasteiger partial charge in [-0.05, 0) is 83.8 Å². The summed E-state index contributed by atoms with van der Waals surface area (Å²) in [5.41, 5.74) is 0.721. The minimum absolute atomic E-state index is 0.0286. The van der Waals surface area contributed by atoms with Gasteiger partial charge >= 0.3 is 5.97 Å². The molecule has 1 heterocycles. The maximum Gasteiger partial charge on any atom is 0.306 e. The standard InChI is InChI=1S/C36H67N5O5.C18H38O/c1-5-7-8-9-13-18-24-31(6-2)46-32(43)25-19-14-12-16-21-28-41(27-20-15-10-11-17-22-30-42)29-23-26-38-34-33(37-3)35(44)39-40-36(34)45-4;1-4-6-8-10-12-14-16-18(19-3)17-15-13-11-9-7-5-2/h30-31H,5-29H2,1-4H3,(H,37,40)(H2,38,39,44);18H,4-17H2,1-3H3. The van der Waals surface area contributed by atoms with Crippen LogP contribution in [0.15, 0.2) is 4.79 Å². The van der Waals surface area contributed by atoms with Crippen molar-refractivity contribution in [3.05, 3.63) is 10.4 Å². The third kappa shape index (κ3) is 37.1. The topological polar surface area (TPSA) is 135 Å². The van der Waals surface area contributed by atoms with Crippen LogP contribution in [0.25, 0.3) is 0 Å². The van der Waals surface area contributed by atoms with Crippen molar-refractivity contribution in [2.45, 2.75) is 265 Å². The monoisotopic (exact) mass is 920 g/mol. The Morgan fingerprint density at radius 1 is 0.615 bits per heavy atom. The summed E-state index contributed by atoms with van der Waals surface area (Å²) < 4.78 is 16.7. The second-order valence-electron chi connectivity index (χ2n) is 18.5. The van der Waals surface area contributed by atoms with Crippen molar-refractivity contribution in [3.63, 3.8) is 0 Å². The van der Waals surface area contributed by atoms with Gasteiger partial charge in [0.2, 0.25) is 0 Å². The lowest BCUT2D eigenvalue weighted by molar-refractivity contribution is -0.149. The van der Waals surface area contributed by atoms with Crippen LogP contribution < -0.4 is 20.9 Å². The van der Waals surface area contributed by atoms with Crippen LogP contribution in [0.5, 0.6) is 5.88 Å². The van der Waals surface area contributed by atoms with E-state index in [0.717, 1.165) is 103 Å². The van der Waals surface area contributed by atoms with Crippen LogP contribution in [0, 0.1) is 0 Å². The number of aromatic amines is 1. The van der Waals surface area contributed by atoms with Gasteiger partial charge < -0.3 is 34.5 Å². The number of aldehydes is 1. The molecular formula is C54H105N5O6. The van der Waals surface area contributed by atoms with Gasteiger partial charge in [0.1, 0.15) is 23.8 Å². The molecule has 11 heteroatoms. The summed E-state index contributed by atoms with van der Waals surface area (Å²) >= 11 is 0. The molecule has 0 aliphatic carbocycles. The number of H-pyrrole nitrogens is 1. The molecule has 11 nitrogen and oxygen atoms in total. The number of carbonyl (C=O) groups excluding carboxylic acids is 2. The number of methoxy groups -OCH3 is 2. The average molecular weight is 920 g/mol. The number of rotatable bonds is 47. The first-order valence-electron chi connectivity index (χ1n) is 27.3.